The van der Waals surface area contributed by atoms with E-state index in [-0.39, 0.29) is 17.5 Å². The van der Waals surface area contributed by atoms with E-state index in [1.807, 2.05) is 18.2 Å². The first kappa shape index (κ1) is 17.1. The highest BCUT2D eigenvalue weighted by molar-refractivity contribution is 5.92. The van der Waals surface area contributed by atoms with Crippen molar-refractivity contribution in [2.24, 2.45) is 0 Å². The van der Waals surface area contributed by atoms with E-state index in [1.165, 1.54) is 30.7 Å². The Bertz CT molecular complexity index is 790. The number of nitrogens with one attached hydrogen (secondary N) is 1. The van der Waals surface area contributed by atoms with Gasteiger partial charge in [0.15, 0.2) is 6.10 Å². The predicted octanol–water partition coefficient (Wildman–Crippen LogP) is 3.56. The van der Waals surface area contributed by atoms with Crippen molar-refractivity contribution in [3.05, 3.63) is 71.0 Å². The van der Waals surface area contributed by atoms with Gasteiger partial charge in [-0.1, -0.05) is 30.3 Å². The fourth-order valence-electron chi connectivity index (χ4n) is 3.09. The van der Waals surface area contributed by atoms with Gasteiger partial charge >= 0.3 is 5.97 Å². The van der Waals surface area contributed by atoms with Crippen LogP contribution in [0.1, 0.15) is 47.3 Å². The molecule has 0 fully saturated rings. The van der Waals surface area contributed by atoms with Crippen LogP contribution in [0, 0.1) is 5.82 Å². The van der Waals surface area contributed by atoms with Crippen molar-refractivity contribution in [2.45, 2.75) is 38.3 Å². The molecule has 0 saturated carbocycles. The molecular weight excluding hydrogens is 321 g/mol. The van der Waals surface area contributed by atoms with Crippen LogP contribution >= 0.6 is 0 Å². The molecule has 0 saturated heterocycles. The summed E-state index contributed by atoms with van der Waals surface area (Å²) in [6.07, 6.45) is 1.91. The second-order valence-corrected chi connectivity index (χ2v) is 6.21. The van der Waals surface area contributed by atoms with Crippen molar-refractivity contribution in [3.63, 3.8) is 0 Å². The molecule has 2 atom stereocenters. The number of esters is 1. The summed E-state index contributed by atoms with van der Waals surface area (Å²) < 4.78 is 18.4. The molecule has 0 radical (unpaired) electrons. The van der Waals surface area contributed by atoms with Crippen molar-refractivity contribution in [1.82, 2.24) is 5.32 Å². The Balaban J connectivity index is 1.63. The monoisotopic (exact) mass is 341 g/mol. The van der Waals surface area contributed by atoms with Gasteiger partial charge < -0.3 is 10.1 Å². The fourth-order valence-corrected chi connectivity index (χ4v) is 3.09. The number of ether oxygens (including phenoxy) is 1. The Kier molecular flexibility index (Phi) is 5.12. The van der Waals surface area contributed by atoms with Gasteiger partial charge in [0.05, 0.1) is 11.6 Å². The van der Waals surface area contributed by atoms with Gasteiger partial charge in [-0.3, -0.25) is 4.79 Å². The van der Waals surface area contributed by atoms with E-state index < -0.39 is 17.9 Å². The molecule has 2 aromatic carbocycles. The quantitative estimate of drug-likeness (QED) is 0.865. The standard InChI is InChI=1S/C20H20FNO3/c1-13(25-20(24)15-8-4-9-16(21)12-15)19(23)22-18-11-5-7-14-6-2-3-10-17(14)18/h2-4,6,8-10,12-13,18H,5,7,11H2,1H3,(H,22,23)/t13-,18-/m0/s1. The average Bonchev–Trinajstić information content (AvgIpc) is 2.62. The molecule has 0 unspecified atom stereocenters. The number of rotatable bonds is 4. The third kappa shape index (κ3) is 4.05. The number of fused-ring (bicyclic) bond motifs is 1. The molecule has 1 aliphatic rings. The number of hydrogen-bond acceptors (Lipinski definition) is 3. The second-order valence-electron chi connectivity index (χ2n) is 6.21. The van der Waals surface area contributed by atoms with Gasteiger partial charge in [0.25, 0.3) is 5.91 Å². The summed E-state index contributed by atoms with van der Waals surface area (Å²) in [5.41, 5.74) is 2.44. The van der Waals surface area contributed by atoms with Crippen LogP contribution in [-0.4, -0.2) is 18.0 Å². The van der Waals surface area contributed by atoms with E-state index in [4.69, 9.17) is 4.74 Å². The highest BCUT2D eigenvalue weighted by atomic mass is 19.1. The molecule has 1 aliphatic carbocycles. The van der Waals surface area contributed by atoms with E-state index in [0.29, 0.717) is 0 Å². The van der Waals surface area contributed by atoms with Gasteiger partial charge in [-0.25, -0.2) is 9.18 Å². The zero-order valence-electron chi connectivity index (χ0n) is 14.0. The molecule has 2 aromatic rings. The summed E-state index contributed by atoms with van der Waals surface area (Å²) in [5.74, 6) is -1.59. The van der Waals surface area contributed by atoms with Crippen molar-refractivity contribution in [2.75, 3.05) is 0 Å². The molecule has 1 N–H and O–H groups in total. The molecule has 0 bridgehead atoms. The Morgan fingerprint density at radius 2 is 2.00 bits per heavy atom. The lowest BCUT2D eigenvalue weighted by Crippen LogP contribution is -2.39. The van der Waals surface area contributed by atoms with Crippen LogP contribution in [0.15, 0.2) is 48.5 Å². The Labute approximate surface area is 146 Å². The molecule has 4 nitrogen and oxygen atoms in total. The number of hydrogen-bond donors (Lipinski definition) is 1. The van der Waals surface area contributed by atoms with E-state index in [2.05, 4.69) is 11.4 Å². The SMILES string of the molecule is C[C@H](OC(=O)c1cccc(F)c1)C(=O)N[C@H]1CCCc2ccccc21. The van der Waals surface area contributed by atoms with Gasteiger partial charge in [0.2, 0.25) is 0 Å². The lowest BCUT2D eigenvalue weighted by molar-refractivity contribution is -0.130. The summed E-state index contributed by atoms with van der Waals surface area (Å²) in [4.78, 5) is 24.4. The first-order chi connectivity index (χ1) is 12.0. The molecular formula is C20H20FNO3. The lowest BCUT2D eigenvalue weighted by Gasteiger charge is -2.27. The minimum absolute atomic E-state index is 0.0761. The third-order valence-corrected chi connectivity index (χ3v) is 4.40. The van der Waals surface area contributed by atoms with Crippen LogP contribution in [0.4, 0.5) is 4.39 Å². The Hall–Kier alpha value is -2.69. The van der Waals surface area contributed by atoms with Crippen LogP contribution in [0.25, 0.3) is 0 Å². The first-order valence-corrected chi connectivity index (χ1v) is 8.39. The number of carbonyl (C=O) groups excluding carboxylic acids is 2. The van der Waals surface area contributed by atoms with Gasteiger partial charge in [0, 0.05) is 0 Å². The van der Waals surface area contributed by atoms with Crippen LogP contribution < -0.4 is 5.32 Å². The number of aryl methyl sites for hydroxylation is 1. The van der Waals surface area contributed by atoms with Gasteiger partial charge in [0.1, 0.15) is 5.82 Å². The van der Waals surface area contributed by atoms with Gasteiger partial charge in [-0.2, -0.15) is 0 Å². The maximum atomic E-state index is 13.2. The fraction of sp³-hybridized carbons (Fsp3) is 0.300. The van der Waals surface area contributed by atoms with Crippen LogP contribution in [0.5, 0.6) is 0 Å². The summed E-state index contributed by atoms with van der Waals surface area (Å²) >= 11 is 0. The molecule has 5 heteroatoms. The van der Waals surface area contributed by atoms with Crippen molar-refractivity contribution < 1.29 is 18.7 Å². The normalized spacial score (nSPS) is 17.3. The lowest BCUT2D eigenvalue weighted by atomic mass is 9.87. The van der Waals surface area contributed by atoms with E-state index in [9.17, 15) is 14.0 Å². The van der Waals surface area contributed by atoms with Crippen molar-refractivity contribution in [1.29, 1.82) is 0 Å². The predicted molar refractivity (Wildman–Crippen MR) is 91.5 cm³/mol. The van der Waals surface area contributed by atoms with E-state index >= 15 is 0 Å². The zero-order chi connectivity index (χ0) is 17.8. The Morgan fingerprint density at radius 1 is 1.20 bits per heavy atom. The minimum atomic E-state index is -0.954. The van der Waals surface area contributed by atoms with Gasteiger partial charge in [-0.15, -0.1) is 0 Å². The zero-order valence-corrected chi connectivity index (χ0v) is 14.0. The largest absolute Gasteiger partial charge is 0.449 e. The van der Waals surface area contributed by atoms with Crippen molar-refractivity contribution >= 4 is 11.9 Å². The first-order valence-electron chi connectivity index (χ1n) is 8.39. The van der Waals surface area contributed by atoms with Crippen LogP contribution in [0.3, 0.4) is 0 Å². The molecule has 25 heavy (non-hydrogen) atoms. The molecule has 130 valence electrons. The molecule has 0 aromatic heterocycles. The number of halogens is 1. The maximum Gasteiger partial charge on any atom is 0.339 e. The topological polar surface area (TPSA) is 55.4 Å². The van der Waals surface area contributed by atoms with Crippen LogP contribution in [0.2, 0.25) is 0 Å². The van der Waals surface area contributed by atoms with Crippen molar-refractivity contribution in [3.8, 4) is 0 Å². The summed E-state index contributed by atoms with van der Waals surface area (Å²) in [5, 5.41) is 2.95. The number of benzene rings is 2. The number of amides is 1. The Morgan fingerprint density at radius 3 is 2.80 bits per heavy atom. The highest BCUT2D eigenvalue weighted by Gasteiger charge is 2.25. The summed E-state index contributed by atoms with van der Waals surface area (Å²) in [6, 6.07) is 13.2. The molecule has 3 rings (SSSR count). The summed E-state index contributed by atoms with van der Waals surface area (Å²) in [7, 11) is 0. The minimum Gasteiger partial charge on any atom is -0.449 e. The smallest absolute Gasteiger partial charge is 0.339 e. The second kappa shape index (κ2) is 7.47. The molecule has 0 aliphatic heterocycles. The van der Waals surface area contributed by atoms with E-state index in [0.717, 1.165) is 30.9 Å². The highest BCUT2D eigenvalue weighted by Crippen LogP contribution is 2.29. The number of carbonyl (C=O) groups is 2. The third-order valence-electron chi connectivity index (χ3n) is 4.40. The average molecular weight is 341 g/mol. The summed E-state index contributed by atoms with van der Waals surface area (Å²) in [6.45, 7) is 1.52. The van der Waals surface area contributed by atoms with Gasteiger partial charge in [-0.05, 0) is 55.5 Å². The maximum absolute atomic E-state index is 13.2. The van der Waals surface area contributed by atoms with E-state index in [1.54, 1.807) is 0 Å². The molecule has 0 spiro atoms. The molecule has 1 amide bonds. The van der Waals surface area contributed by atoms with Crippen LogP contribution in [-0.2, 0) is 16.0 Å². The molecule has 0 heterocycles.